The highest BCUT2D eigenvalue weighted by Crippen LogP contribution is 2.32. The lowest BCUT2D eigenvalue weighted by Crippen LogP contribution is -2.32. The highest BCUT2D eigenvalue weighted by atomic mass is 32.1. The van der Waals surface area contributed by atoms with Crippen LogP contribution in [0.3, 0.4) is 0 Å². The fourth-order valence-corrected chi connectivity index (χ4v) is 4.00. The Bertz CT molecular complexity index is 331. The first kappa shape index (κ1) is 15.1. The number of nitrogens with one attached hydrogen (secondary N) is 1. The zero-order valence-corrected chi connectivity index (χ0v) is 13.3. The van der Waals surface area contributed by atoms with Crippen LogP contribution in [0.5, 0.6) is 0 Å². The van der Waals surface area contributed by atoms with E-state index >= 15 is 0 Å². The maximum absolute atomic E-state index is 3.67. The molecule has 1 heterocycles. The summed E-state index contributed by atoms with van der Waals surface area (Å²) in [6.07, 6.45) is 9.93. The second-order valence-electron chi connectivity index (χ2n) is 6.34. The minimum Gasteiger partial charge on any atom is -0.314 e. The number of thiophene rings is 1. The van der Waals surface area contributed by atoms with Crippen LogP contribution in [0.2, 0.25) is 0 Å². The largest absolute Gasteiger partial charge is 0.314 e. The van der Waals surface area contributed by atoms with Gasteiger partial charge in [-0.05, 0) is 49.1 Å². The van der Waals surface area contributed by atoms with Gasteiger partial charge in [0.05, 0.1) is 0 Å². The van der Waals surface area contributed by atoms with E-state index in [0.29, 0.717) is 6.04 Å². The third-order valence-corrected chi connectivity index (χ3v) is 5.38. The quantitative estimate of drug-likeness (QED) is 0.732. The van der Waals surface area contributed by atoms with Crippen LogP contribution in [0.1, 0.15) is 57.2 Å². The van der Waals surface area contributed by atoms with Gasteiger partial charge in [0.1, 0.15) is 0 Å². The van der Waals surface area contributed by atoms with Crippen LogP contribution < -0.4 is 5.32 Å². The molecule has 1 fully saturated rings. The van der Waals surface area contributed by atoms with Crippen molar-refractivity contribution in [3.63, 3.8) is 0 Å². The fourth-order valence-electron chi connectivity index (χ4n) is 3.28. The Hall–Kier alpha value is -0.340. The normalized spacial score (nSPS) is 24.6. The molecule has 2 rings (SSSR count). The van der Waals surface area contributed by atoms with E-state index in [1.807, 2.05) is 11.3 Å². The lowest BCUT2D eigenvalue weighted by atomic mass is 9.84. The second kappa shape index (κ2) is 8.06. The van der Waals surface area contributed by atoms with Gasteiger partial charge in [-0.2, -0.15) is 0 Å². The average molecular weight is 279 g/mol. The maximum atomic E-state index is 3.67. The molecule has 0 amide bonds. The second-order valence-corrected chi connectivity index (χ2v) is 7.37. The molecule has 0 aromatic carbocycles. The van der Waals surface area contributed by atoms with Crippen LogP contribution >= 0.6 is 11.3 Å². The van der Waals surface area contributed by atoms with Gasteiger partial charge in [0, 0.05) is 10.9 Å². The van der Waals surface area contributed by atoms with Crippen LogP contribution in [0.25, 0.3) is 0 Å². The van der Waals surface area contributed by atoms with Gasteiger partial charge in [-0.1, -0.05) is 45.6 Å². The van der Waals surface area contributed by atoms with Gasteiger partial charge < -0.3 is 5.32 Å². The molecule has 0 saturated heterocycles. The Balaban J connectivity index is 1.85. The molecule has 0 bridgehead atoms. The zero-order valence-electron chi connectivity index (χ0n) is 12.5. The van der Waals surface area contributed by atoms with Crippen LogP contribution in [0, 0.1) is 11.8 Å². The average Bonchev–Trinajstić information content (AvgIpc) is 2.80. The molecule has 1 saturated carbocycles. The van der Waals surface area contributed by atoms with Crippen LogP contribution in [0.4, 0.5) is 0 Å². The standard InChI is InChI=1S/C17H29NS/c1-14(2)18-13-16-8-5-3-4-7-15(16)10-11-17-9-6-12-19-17/h6,9,12,14-16,18H,3-5,7-8,10-11,13H2,1-2H3. The minimum atomic E-state index is 0.626. The molecule has 2 atom stereocenters. The number of hydrogen-bond acceptors (Lipinski definition) is 2. The first-order valence-corrected chi connectivity index (χ1v) is 8.89. The molecule has 1 aliphatic carbocycles. The molecule has 2 unspecified atom stereocenters. The van der Waals surface area contributed by atoms with E-state index in [-0.39, 0.29) is 0 Å². The summed E-state index contributed by atoms with van der Waals surface area (Å²) in [5.74, 6) is 1.85. The number of aryl methyl sites for hydroxylation is 1. The van der Waals surface area contributed by atoms with E-state index in [1.165, 1.54) is 51.5 Å². The number of rotatable bonds is 6. The summed E-state index contributed by atoms with van der Waals surface area (Å²) >= 11 is 1.92. The van der Waals surface area contributed by atoms with E-state index in [1.54, 1.807) is 4.88 Å². The zero-order chi connectivity index (χ0) is 13.5. The van der Waals surface area contributed by atoms with Crippen LogP contribution in [0.15, 0.2) is 17.5 Å². The van der Waals surface area contributed by atoms with Crippen molar-refractivity contribution in [2.45, 2.75) is 64.8 Å². The van der Waals surface area contributed by atoms with E-state index in [4.69, 9.17) is 0 Å². The van der Waals surface area contributed by atoms with E-state index in [9.17, 15) is 0 Å². The molecule has 2 heteroatoms. The van der Waals surface area contributed by atoms with Crippen molar-refractivity contribution < 1.29 is 0 Å². The summed E-state index contributed by atoms with van der Waals surface area (Å²) in [6.45, 7) is 5.75. The predicted octanol–water partition coefficient (Wildman–Crippen LogP) is 4.88. The van der Waals surface area contributed by atoms with Crippen molar-refractivity contribution in [3.8, 4) is 0 Å². The molecule has 108 valence electrons. The summed E-state index contributed by atoms with van der Waals surface area (Å²) in [6, 6.07) is 5.11. The van der Waals surface area contributed by atoms with E-state index in [0.717, 1.165) is 11.8 Å². The van der Waals surface area contributed by atoms with Crippen molar-refractivity contribution >= 4 is 11.3 Å². The first-order valence-electron chi connectivity index (χ1n) is 8.01. The molecule has 1 nitrogen and oxygen atoms in total. The SMILES string of the molecule is CC(C)NCC1CCCCCC1CCc1cccs1. The summed E-state index contributed by atoms with van der Waals surface area (Å²) in [5.41, 5.74) is 0. The molecule has 1 aromatic heterocycles. The third-order valence-electron chi connectivity index (χ3n) is 4.45. The summed E-state index contributed by atoms with van der Waals surface area (Å²) < 4.78 is 0. The smallest absolute Gasteiger partial charge is 0.00453 e. The summed E-state index contributed by atoms with van der Waals surface area (Å²) in [4.78, 5) is 1.57. The van der Waals surface area contributed by atoms with Gasteiger partial charge in [0.25, 0.3) is 0 Å². The van der Waals surface area contributed by atoms with Gasteiger partial charge in [0.2, 0.25) is 0 Å². The van der Waals surface area contributed by atoms with Crippen molar-refractivity contribution in [2.75, 3.05) is 6.54 Å². The van der Waals surface area contributed by atoms with Gasteiger partial charge >= 0.3 is 0 Å². The molecule has 19 heavy (non-hydrogen) atoms. The first-order chi connectivity index (χ1) is 9.25. The molecular weight excluding hydrogens is 250 g/mol. The topological polar surface area (TPSA) is 12.0 Å². The van der Waals surface area contributed by atoms with Crippen molar-refractivity contribution in [2.24, 2.45) is 11.8 Å². The van der Waals surface area contributed by atoms with E-state index in [2.05, 4.69) is 36.7 Å². The molecule has 0 radical (unpaired) electrons. The van der Waals surface area contributed by atoms with Gasteiger partial charge in [-0.15, -0.1) is 11.3 Å². The third kappa shape index (κ3) is 5.27. The monoisotopic (exact) mass is 279 g/mol. The van der Waals surface area contributed by atoms with Crippen molar-refractivity contribution in [1.29, 1.82) is 0 Å². The number of hydrogen-bond donors (Lipinski definition) is 1. The predicted molar refractivity (Wildman–Crippen MR) is 85.8 cm³/mol. The molecule has 0 aliphatic heterocycles. The Kier molecular flexibility index (Phi) is 6.39. The van der Waals surface area contributed by atoms with Gasteiger partial charge in [0.15, 0.2) is 0 Å². The van der Waals surface area contributed by atoms with Gasteiger partial charge in [-0.25, -0.2) is 0 Å². The van der Waals surface area contributed by atoms with E-state index < -0.39 is 0 Å². The molecule has 1 N–H and O–H groups in total. The lowest BCUT2D eigenvalue weighted by Gasteiger charge is -2.26. The Morgan fingerprint density at radius 3 is 2.68 bits per heavy atom. The van der Waals surface area contributed by atoms with Crippen LogP contribution in [-0.2, 0) is 6.42 Å². The van der Waals surface area contributed by atoms with Crippen molar-refractivity contribution in [1.82, 2.24) is 5.32 Å². The lowest BCUT2D eigenvalue weighted by molar-refractivity contribution is 0.278. The molecule has 0 spiro atoms. The van der Waals surface area contributed by atoms with Crippen molar-refractivity contribution in [3.05, 3.63) is 22.4 Å². The summed E-state index contributed by atoms with van der Waals surface area (Å²) in [7, 11) is 0. The highest BCUT2D eigenvalue weighted by Gasteiger charge is 2.23. The molecular formula is C17H29NS. The Labute approximate surface area is 122 Å². The van der Waals surface area contributed by atoms with Gasteiger partial charge in [-0.3, -0.25) is 0 Å². The minimum absolute atomic E-state index is 0.626. The fraction of sp³-hybridized carbons (Fsp3) is 0.765. The Morgan fingerprint density at radius 2 is 2.00 bits per heavy atom. The Morgan fingerprint density at radius 1 is 1.21 bits per heavy atom. The van der Waals surface area contributed by atoms with Crippen LogP contribution in [-0.4, -0.2) is 12.6 Å². The molecule has 1 aliphatic rings. The summed E-state index contributed by atoms with van der Waals surface area (Å²) in [5, 5.41) is 5.88. The highest BCUT2D eigenvalue weighted by molar-refractivity contribution is 7.09. The molecule has 1 aromatic rings. The maximum Gasteiger partial charge on any atom is 0.00453 e.